The molecule has 0 spiro atoms. The van der Waals surface area contributed by atoms with Crippen molar-refractivity contribution in [2.24, 2.45) is 11.7 Å². The number of amides is 1. The highest BCUT2D eigenvalue weighted by Crippen LogP contribution is 2.17. The Hall–Kier alpha value is -2.11. The van der Waals surface area contributed by atoms with Crippen molar-refractivity contribution in [2.45, 2.75) is 39.7 Å². The molecule has 2 heterocycles. The molecule has 3 N–H and O–H groups in total. The summed E-state index contributed by atoms with van der Waals surface area (Å²) in [6.07, 6.45) is 3.38. The summed E-state index contributed by atoms with van der Waals surface area (Å²) in [6.45, 7) is 6.08. The van der Waals surface area contributed by atoms with Crippen molar-refractivity contribution in [2.75, 3.05) is 5.32 Å². The van der Waals surface area contributed by atoms with Crippen LogP contribution in [0.4, 0.5) is 5.82 Å². The molecule has 108 valence electrons. The van der Waals surface area contributed by atoms with E-state index in [0.717, 1.165) is 30.0 Å². The minimum Gasteiger partial charge on any atom is -0.368 e. The third kappa shape index (κ3) is 2.74. The number of hydrogen-bond donors (Lipinski definition) is 2. The standard InChI is InChI=1S/C14H21N5O/c1-4-9(3)13(14(15)20)18-12-8-10(5-2)17-11-6-7-16-19(11)12/h6-9,13,18H,4-5H2,1-3H3,(H2,15,20)/t9-,13-/m0/s1. The minimum atomic E-state index is -0.417. The lowest BCUT2D eigenvalue weighted by atomic mass is 9.98. The molecule has 0 saturated carbocycles. The highest BCUT2D eigenvalue weighted by molar-refractivity contribution is 5.83. The predicted octanol–water partition coefficient (Wildman–Crippen LogP) is 1.60. The maximum atomic E-state index is 11.6. The van der Waals surface area contributed by atoms with Crippen LogP contribution in [0.3, 0.4) is 0 Å². The Morgan fingerprint density at radius 2 is 2.25 bits per heavy atom. The number of aromatic nitrogens is 3. The number of rotatable bonds is 6. The summed E-state index contributed by atoms with van der Waals surface area (Å²) in [6, 6.07) is 3.34. The van der Waals surface area contributed by atoms with Gasteiger partial charge in [-0.15, -0.1) is 0 Å². The number of nitrogens with one attached hydrogen (secondary N) is 1. The van der Waals surface area contributed by atoms with E-state index in [2.05, 4.69) is 15.4 Å². The highest BCUT2D eigenvalue weighted by Gasteiger charge is 2.22. The van der Waals surface area contributed by atoms with Crippen molar-refractivity contribution in [1.82, 2.24) is 14.6 Å². The Morgan fingerprint density at radius 3 is 2.85 bits per heavy atom. The molecule has 2 aromatic rings. The first-order valence-corrected chi connectivity index (χ1v) is 6.96. The van der Waals surface area contributed by atoms with E-state index in [1.54, 1.807) is 10.7 Å². The van der Waals surface area contributed by atoms with Crippen LogP contribution in [0.1, 0.15) is 32.9 Å². The molecule has 2 aromatic heterocycles. The van der Waals surface area contributed by atoms with Crippen LogP contribution in [0.2, 0.25) is 0 Å². The lowest BCUT2D eigenvalue weighted by Crippen LogP contribution is -2.41. The molecule has 0 aliphatic carbocycles. The molecule has 1 amide bonds. The molecule has 2 rings (SSSR count). The second-order valence-electron chi connectivity index (χ2n) is 5.00. The zero-order valence-electron chi connectivity index (χ0n) is 12.1. The van der Waals surface area contributed by atoms with E-state index in [9.17, 15) is 4.79 Å². The number of carbonyl (C=O) groups is 1. The van der Waals surface area contributed by atoms with E-state index in [1.165, 1.54) is 0 Å². The van der Waals surface area contributed by atoms with Crippen molar-refractivity contribution in [3.8, 4) is 0 Å². The molecule has 0 aliphatic rings. The monoisotopic (exact) mass is 275 g/mol. The second-order valence-corrected chi connectivity index (χ2v) is 5.00. The first-order chi connectivity index (χ1) is 9.56. The van der Waals surface area contributed by atoms with E-state index in [-0.39, 0.29) is 11.8 Å². The largest absolute Gasteiger partial charge is 0.368 e. The summed E-state index contributed by atoms with van der Waals surface area (Å²) in [5.41, 5.74) is 7.22. The SMILES string of the molecule is CCc1cc(N[C@H](C(N)=O)[C@@H](C)CC)n2nccc2n1. The van der Waals surface area contributed by atoms with Crippen LogP contribution in [-0.2, 0) is 11.2 Å². The molecular weight excluding hydrogens is 254 g/mol. The molecule has 6 heteroatoms. The zero-order chi connectivity index (χ0) is 14.7. The Balaban J connectivity index is 2.40. The van der Waals surface area contributed by atoms with Gasteiger partial charge in [0.2, 0.25) is 5.91 Å². The van der Waals surface area contributed by atoms with Gasteiger partial charge in [-0.25, -0.2) is 4.98 Å². The normalized spacial score (nSPS) is 14.2. The Morgan fingerprint density at radius 1 is 1.50 bits per heavy atom. The van der Waals surface area contributed by atoms with Gasteiger partial charge in [0.05, 0.1) is 6.20 Å². The minimum absolute atomic E-state index is 0.149. The summed E-state index contributed by atoms with van der Waals surface area (Å²) >= 11 is 0. The predicted molar refractivity (Wildman–Crippen MR) is 78.4 cm³/mol. The molecule has 0 aromatic carbocycles. The summed E-state index contributed by atoms with van der Waals surface area (Å²) in [5.74, 6) is 0.548. The Kier molecular flexibility index (Phi) is 4.22. The first-order valence-electron chi connectivity index (χ1n) is 6.96. The Bertz CT molecular complexity index is 607. The van der Waals surface area contributed by atoms with Crippen LogP contribution >= 0.6 is 0 Å². The van der Waals surface area contributed by atoms with Gasteiger partial charge in [0.1, 0.15) is 11.9 Å². The molecule has 0 unspecified atom stereocenters. The summed E-state index contributed by atoms with van der Waals surface area (Å²) in [4.78, 5) is 16.1. The number of primary amides is 1. The van der Waals surface area contributed by atoms with Crippen LogP contribution in [0.5, 0.6) is 0 Å². The molecule has 0 radical (unpaired) electrons. The van der Waals surface area contributed by atoms with Gasteiger partial charge in [-0.1, -0.05) is 27.2 Å². The van der Waals surface area contributed by atoms with Gasteiger partial charge in [-0.05, 0) is 12.3 Å². The zero-order valence-corrected chi connectivity index (χ0v) is 12.1. The van der Waals surface area contributed by atoms with Gasteiger partial charge in [0, 0.05) is 17.8 Å². The van der Waals surface area contributed by atoms with Crippen LogP contribution in [-0.4, -0.2) is 26.5 Å². The smallest absolute Gasteiger partial charge is 0.240 e. The topological polar surface area (TPSA) is 85.3 Å². The van der Waals surface area contributed by atoms with E-state index < -0.39 is 6.04 Å². The van der Waals surface area contributed by atoms with Gasteiger partial charge < -0.3 is 11.1 Å². The van der Waals surface area contributed by atoms with Crippen molar-refractivity contribution in [3.63, 3.8) is 0 Å². The average Bonchev–Trinajstić information content (AvgIpc) is 2.91. The van der Waals surface area contributed by atoms with Crippen LogP contribution in [0.15, 0.2) is 18.3 Å². The van der Waals surface area contributed by atoms with Crippen LogP contribution in [0, 0.1) is 5.92 Å². The molecule has 0 bridgehead atoms. The third-order valence-corrected chi connectivity index (χ3v) is 3.60. The Labute approximate surface area is 118 Å². The fraction of sp³-hybridized carbons (Fsp3) is 0.500. The average molecular weight is 275 g/mol. The maximum Gasteiger partial charge on any atom is 0.240 e. The van der Waals surface area contributed by atoms with Crippen LogP contribution < -0.4 is 11.1 Å². The first kappa shape index (κ1) is 14.3. The van der Waals surface area contributed by atoms with Crippen molar-refractivity contribution >= 4 is 17.4 Å². The van der Waals surface area contributed by atoms with Gasteiger partial charge in [0.25, 0.3) is 0 Å². The second kappa shape index (κ2) is 5.90. The van der Waals surface area contributed by atoms with E-state index in [4.69, 9.17) is 5.73 Å². The fourth-order valence-electron chi connectivity index (χ4n) is 2.14. The van der Waals surface area contributed by atoms with E-state index in [0.29, 0.717) is 0 Å². The summed E-state index contributed by atoms with van der Waals surface area (Å²) in [7, 11) is 0. The number of nitrogens with two attached hydrogens (primary N) is 1. The molecule has 0 saturated heterocycles. The number of nitrogens with zero attached hydrogens (tertiary/aromatic N) is 3. The molecule has 20 heavy (non-hydrogen) atoms. The van der Waals surface area contributed by atoms with Crippen molar-refractivity contribution in [1.29, 1.82) is 0 Å². The third-order valence-electron chi connectivity index (χ3n) is 3.60. The quantitative estimate of drug-likeness (QED) is 0.838. The van der Waals surface area contributed by atoms with E-state index >= 15 is 0 Å². The lowest BCUT2D eigenvalue weighted by Gasteiger charge is -2.22. The highest BCUT2D eigenvalue weighted by atomic mass is 16.1. The van der Waals surface area contributed by atoms with Crippen molar-refractivity contribution in [3.05, 3.63) is 24.0 Å². The number of carbonyl (C=O) groups excluding carboxylic acids is 1. The van der Waals surface area contributed by atoms with E-state index in [1.807, 2.05) is 32.9 Å². The van der Waals surface area contributed by atoms with Gasteiger partial charge in [-0.2, -0.15) is 9.61 Å². The molecule has 2 atom stereocenters. The van der Waals surface area contributed by atoms with Gasteiger partial charge >= 0.3 is 0 Å². The van der Waals surface area contributed by atoms with Crippen molar-refractivity contribution < 1.29 is 4.79 Å². The number of aryl methyl sites for hydroxylation is 1. The summed E-state index contributed by atoms with van der Waals surface area (Å²) in [5, 5.41) is 7.45. The number of fused-ring (bicyclic) bond motifs is 1. The lowest BCUT2D eigenvalue weighted by molar-refractivity contribution is -0.119. The number of hydrogen-bond acceptors (Lipinski definition) is 4. The molecular formula is C14H21N5O. The molecule has 6 nitrogen and oxygen atoms in total. The molecule has 0 fully saturated rings. The number of anilines is 1. The van der Waals surface area contributed by atoms with Gasteiger partial charge in [-0.3, -0.25) is 4.79 Å². The van der Waals surface area contributed by atoms with Crippen LogP contribution in [0.25, 0.3) is 5.65 Å². The van der Waals surface area contributed by atoms with Gasteiger partial charge in [0.15, 0.2) is 5.65 Å². The summed E-state index contributed by atoms with van der Waals surface area (Å²) < 4.78 is 1.69. The maximum absolute atomic E-state index is 11.6. The fourth-order valence-corrected chi connectivity index (χ4v) is 2.14. The molecule has 0 aliphatic heterocycles.